The van der Waals surface area contributed by atoms with Crippen molar-refractivity contribution in [2.45, 2.75) is 70.4 Å². The second kappa shape index (κ2) is 15.6. The second-order valence-electron chi connectivity index (χ2n) is 10.3. The van der Waals surface area contributed by atoms with Crippen molar-refractivity contribution in [2.75, 3.05) is 23.9 Å². The fourth-order valence-electron chi connectivity index (χ4n) is 5.22. The minimum absolute atomic E-state index is 0.0639. The van der Waals surface area contributed by atoms with Gasteiger partial charge in [0.2, 0.25) is 17.7 Å². The molecule has 1 aliphatic carbocycles. The van der Waals surface area contributed by atoms with Crippen LogP contribution in [0.2, 0.25) is 0 Å². The molecule has 2 aromatic carbocycles. The molecule has 0 bridgehead atoms. The van der Waals surface area contributed by atoms with Gasteiger partial charge in [-0.3, -0.25) is 19.3 Å². The van der Waals surface area contributed by atoms with Crippen LogP contribution in [0, 0.1) is 0 Å². The number of ether oxygens (including phenoxy) is 2. The average molecular weight is 573 g/mol. The van der Waals surface area contributed by atoms with E-state index in [1.54, 1.807) is 55.8 Å². The van der Waals surface area contributed by atoms with E-state index in [-0.39, 0.29) is 36.6 Å². The molecule has 1 fully saturated rings. The van der Waals surface area contributed by atoms with Gasteiger partial charge < -0.3 is 20.1 Å². The summed E-state index contributed by atoms with van der Waals surface area (Å²) in [6.07, 6.45) is 7.24. The Morgan fingerprint density at radius 1 is 0.952 bits per heavy atom. The van der Waals surface area contributed by atoms with Gasteiger partial charge in [-0.05, 0) is 68.1 Å². The lowest BCUT2D eigenvalue weighted by atomic mass is 9.94. The fraction of sp³-hybridized carbons (Fsp3) is 0.394. The molecule has 1 saturated carbocycles. The monoisotopic (exact) mass is 572 g/mol. The number of rotatable bonds is 13. The summed E-state index contributed by atoms with van der Waals surface area (Å²) < 4.78 is 11.1. The first-order valence-corrected chi connectivity index (χ1v) is 14.7. The predicted octanol–water partition coefficient (Wildman–Crippen LogP) is 5.82. The Balaban J connectivity index is 1.61. The van der Waals surface area contributed by atoms with Crippen LogP contribution in [0.25, 0.3) is 0 Å². The number of hydrogen-bond acceptors (Lipinski definition) is 6. The third kappa shape index (κ3) is 8.55. The summed E-state index contributed by atoms with van der Waals surface area (Å²) >= 11 is 0. The minimum atomic E-state index is -0.926. The van der Waals surface area contributed by atoms with Crippen molar-refractivity contribution in [1.29, 1.82) is 0 Å². The summed E-state index contributed by atoms with van der Waals surface area (Å²) in [4.78, 5) is 46.2. The van der Waals surface area contributed by atoms with Crippen molar-refractivity contribution in [3.8, 4) is 11.5 Å². The van der Waals surface area contributed by atoms with E-state index < -0.39 is 6.04 Å². The first-order chi connectivity index (χ1) is 20.5. The van der Waals surface area contributed by atoms with Crippen molar-refractivity contribution in [1.82, 2.24) is 10.3 Å². The van der Waals surface area contributed by atoms with Crippen molar-refractivity contribution >= 4 is 29.2 Å². The van der Waals surface area contributed by atoms with Gasteiger partial charge in [-0.25, -0.2) is 4.98 Å². The molecule has 1 heterocycles. The zero-order valence-electron chi connectivity index (χ0n) is 24.4. The SMILES string of the molecule is CCOc1ccc(C(C(=O)NC2CCCCC2)N(C(=O)CCCC(=O)Nc2ccccn2)c2cccc(OC)c2)cc1. The maximum absolute atomic E-state index is 14.0. The number of methoxy groups -OCH3 is 1. The summed E-state index contributed by atoms with van der Waals surface area (Å²) in [7, 11) is 1.56. The highest BCUT2D eigenvalue weighted by Gasteiger charge is 2.34. The van der Waals surface area contributed by atoms with Crippen LogP contribution < -0.4 is 25.0 Å². The lowest BCUT2D eigenvalue weighted by Gasteiger charge is -2.33. The van der Waals surface area contributed by atoms with Gasteiger partial charge in [-0.1, -0.05) is 43.5 Å². The predicted molar refractivity (Wildman–Crippen MR) is 163 cm³/mol. The quantitative estimate of drug-likeness (QED) is 0.267. The third-order valence-corrected chi connectivity index (χ3v) is 7.29. The van der Waals surface area contributed by atoms with Crippen LogP contribution in [0.1, 0.15) is 69.9 Å². The first kappa shape index (κ1) is 30.6. The third-order valence-electron chi connectivity index (χ3n) is 7.29. The highest BCUT2D eigenvalue weighted by Crippen LogP contribution is 2.33. The van der Waals surface area contributed by atoms with E-state index in [1.165, 1.54) is 4.90 Å². The van der Waals surface area contributed by atoms with Crippen LogP contribution in [0.4, 0.5) is 11.5 Å². The number of hydrogen-bond donors (Lipinski definition) is 2. The number of benzene rings is 2. The average Bonchev–Trinajstić information content (AvgIpc) is 3.01. The van der Waals surface area contributed by atoms with Crippen LogP contribution in [0.3, 0.4) is 0 Å². The summed E-state index contributed by atoms with van der Waals surface area (Å²) in [5, 5.41) is 5.98. The smallest absolute Gasteiger partial charge is 0.248 e. The largest absolute Gasteiger partial charge is 0.497 e. The molecule has 0 aliphatic heterocycles. The molecule has 2 N–H and O–H groups in total. The van der Waals surface area contributed by atoms with Crippen LogP contribution in [0.15, 0.2) is 72.9 Å². The maximum atomic E-state index is 14.0. The van der Waals surface area contributed by atoms with Gasteiger partial charge in [0.25, 0.3) is 0 Å². The van der Waals surface area contributed by atoms with Gasteiger partial charge in [0, 0.05) is 36.8 Å². The van der Waals surface area contributed by atoms with Crippen molar-refractivity contribution in [3.63, 3.8) is 0 Å². The van der Waals surface area contributed by atoms with Gasteiger partial charge >= 0.3 is 0 Å². The van der Waals surface area contributed by atoms with Crippen molar-refractivity contribution in [2.24, 2.45) is 0 Å². The van der Waals surface area contributed by atoms with Crippen LogP contribution in [0.5, 0.6) is 11.5 Å². The standard InChI is InChI=1S/C33H40N4O5/c1-3-42-27-20-18-24(19-21-27)32(33(40)35-25-11-5-4-6-12-25)37(26-13-9-14-28(23-26)41-2)31(39)17-10-16-30(38)36-29-15-7-8-22-34-29/h7-9,13-15,18-23,25,32H,3-6,10-12,16-17H2,1-2H3,(H,35,40)(H,34,36,38). The van der Waals surface area contributed by atoms with Crippen molar-refractivity contribution in [3.05, 3.63) is 78.5 Å². The molecule has 0 saturated heterocycles. The minimum Gasteiger partial charge on any atom is -0.497 e. The molecule has 0 radical (unpaired) electrons. The van der Waals surface area contributed by atoms with Crippen LogP contribution in [-0.4, -0.2) is 42.5 Å². The highest BCUT2D eigenvalue weighted by molar-refractivity contribution is 6.01. The Morgan fingerprint density at radius 2 is 1.74 bits per heavy atom. The number of nitrogens with zero attached hydrogens (tertiary/aromatic N) is 2. The lowest BCUT2D eigenvalue weighted by Crippen LogP contribution is -2.47. The van der Waals surface area contributed by atoms with E-state index in [2.05, 4.69) is 15.6 Å². The number of carbonyl (C=O) groups excluding carboxylic acids is 3. The van der Waals surface area contributed by atoms with Crippen LogP contribution in [-0.2, 0) is 14.4 Å². The normalized spacial score (nSPS) is 14.0. The highest BCUT2D eigenvalue weighted by atomic mass is 16.5. The van der Waals surface area contributed by atoms with E-state index in [9.17, 15) is 14.4 Å². The number of carbonyl (C=O) groups is 3. The molecule has 42 heavy (non-hydrogen) atoms. The summed E-state index contributed by atoms with van der Waals surface area (Å²) in [5.74, 6) is 0.972. The number of anilines is 2. The van der Waals surface area contributed by atoms with Crippen molar-refractivity contribution < 1.29 is 23.9 Å². The molecule has 1 atom stereocenters. The number of pyridine rings is 1. The fourth-order valence-corrected chi connectivity index (χ4v) is 5.22. The molecule has 9 nitrogen and oxygen atoms in total. The molecule has 9 heteroatoms. The molecule has 1 aromatic heterocycles. The zero-order valence-corrected chi connectivity index (χ0v) is 24.4. The van der Waals surface area contributed by atoms with Gasteiger partial charge in [0.05, 0.1) is 13.7 Å². The van der Waals surface area contributed by atoms with E-state index >= 15 is 0 Å². The number of nitrogens with one attached hydrogen (secondary N) is 2. The Kier molecular flexibility index (Phi) is 11.3. The van der Waals surface area contributed by atoms with E-state index in [0.29, 0.717) is 41.6 Å². The second-order valence-corrected chi connectivity index (χ2v) is 10.3. The molecule has 0 spiro atoms. The van der Waals surface area contributed by atoms with Gasteiger partial charge in [-0.2, -0.15) is 0 Å². The molecule has 1 unspecified atom stereocenters. The van der Waals surface area contributed by atoms with Gasteiger partial charge in [0.1, 0.15) is 23.4 Å². The Labute approximate surface area is 247 Å². The van der Waals surface area contributed by atoms with Crippen LogP contribution >= 0.6 is 0 Å². The molecular formula is C33H40N4O5. The Hall–Kier alpha value is -4.40. The van der Waals surface area contributed by atoms with E-state index in [1.807, 2.05) is 31.2 Å². The molecule has 222 valence electrons. The zero-order chi connectivity index (χ0) is 29.7. The Bertz CT molecular complexity index is 1310. The lowest BCUT2D eigenvalue weighted by molar-refractivity contribution is -0.127. The molecule has 3 amide bonds. The number of amides is 3. The summed E-state index contributed by atoms with van der Waals surface area (Å²) in [6, 6.07) is 18.8. The molecule has 4 rings (SSSR count). The molecule has 1 aliphatic rings. The Morgan fingerprint density at radius 3 is 2.43 bits per heavy atom. The maximum Gasteiger partial charge on any atom is 0.248 e. The topological polar surface area (TPSA) is 110 Å². The number of aromatic nitrogens is 1. The first-order valence-electron chi connectivity index (χ1n) is 14.7. The summed E-state index contributed by atoms with van der Waals surface area (Å²) in [6.45, 7) is 2.43. The summed E-state index contributed by atoms with van der Waals surface area (Å²) in [5.41, 5.74) is 1.20. The van der Waals surface area contributed by atoms with E-state index in [4.69, 9.17) is 9.47 Å². The van der Waals surface area contributed by atoms with E-state index in [0.717, 1.165) is 32.1 Å². The van der Waals surface area contributed by atoms with Gasteiger partial charge in [-0.15, -0.1) is 0 Å². The molecular weight excluding hydrogens is 532 g/mol. The van der Waals surface area contributed by atoms with Gasteiger partial charge in [0.15, 0.2) is 0 Å². The molecule has 3 aromatic rings.